The summed E-state index contributed by atoms with van der Waals surface area (Å²) in [4.78, 5) is 16.0. The molecule has 1 unspecified atom stereocenters. The molecule has 2 N–H and O–H groups in total. The average Bonchev–Trinajstić information content (AvgIpc) is 3.36. The molecule has 298 valence electrons. The van der Waals surface area contributed by atoms with Crippen LogP contribution >= 0.6 is 0 Å². The number of para-hydroxylation sites is 1. The van der Waals surface area contributed by atoms with Crippen LogP contribution in [0.1, 0.15) is 12.5 Å². The van der Waals surface area contributed by atoms with Crippen molar-refractivity contribution in [3.63, 3.8) is 0 Å². The lowest BCUT2D eigenvalue weighted by Crippen LogP contribution is -2.32. The van der Waals surface area contributed by atoms with Gasteiger partial charge in [0.15, 0.2) is 5.82 Å². The van der Waals surface area contributed by atoms with E-state index in [9.17, 15) is 0 Å². The smallest absolute Gasteiger partial charge is 0.160 e. The van der Waals surface area contributed by atoms with Gasteiger partial charge in [-0.3, -0.25) is 0 Å². The Bertz CT molecular complexity index is 3550. The number of nitrogens with two attached hydrogens (primary N) is 1. The maximum atomic E-state index is 7.02. The van der Waals surface area contributed by atoms with Crippen LogP contribution in [0.4, 0.5) is 0 Å². The van der Waals surface area contributed by atoms with Gasteiger partial charge in [-0.25, -0.2) is 15.0 Å². The molecule has 0 aliphatic heterocycles. The van der Waals surface area contributed by atoms with Crippen LogP contribution < -0.4 is 16.2 Å². The van der Waals surface area contributed by atoms with Crippen LogP contribution in [0, 0.1) is 5.92 Å². The maximum absolute atomic E-state index is 7.02. The molecule has 0 bridgehead atoms. The van der Waals surface area contributed by atoms with Crippen molar-refractivity contribution in [2.24, 2.45) is 11.7 Å². The molecule has 0 spiro atoms. The van der Waals surface area contributed by atoms with Crippen LogP contribution in [0.3, 0.4) is 0 Å². The van der Waals surface area contributed by atoms with Gasteiger partial charge in [-0.05, 0) is 62.5 Å². The molecule has 11 rings (SSSR count). The molecular weight excluding hydrogens is 765 g/mol. The van der Waals surface area contributed by atoms with E-state index < -0.39 is 0 Å². The number of nitrogens with zero attached hydrogens (tertiary/aromatic N) is 3. The van der Waals surface area contributed by atoms with Gasteiger partial charge in [0.25, 0.3) is 0 Å². The summed E-state index contributed by atoms with van der Waals surface area (Å²) in [5, 5.41) is 6.61. The summed E-state index contributed by atoms with van der Waals surface area (Å²) >= 11 is 0. The van der Waals surface area contributed by atoms with E-state index in [-0.39, 0.29) is 0 Å². The minimum Gasteiger partial charge on any atom is -0.398 e. The lowest BCUT2D eigenvalue weighted by Gasteiger charge is -2.16. The first kappa shape index (κ1) is 37.8. The minimum atomic E-state index is 0.293. The second-order valence-corrected chi connectivity index (χ2v) is 16.2. The molecule has 0 saturated heterocycles. The second-order valence-electron chi connectivity index (χ2n) is 16.2. The van der Waals surface area contributed by atoms with E-state index in [0.29, 0.717) is 11.7 Å². The van der Waals surface area contributed by atoms with Gasteiger partial charge in [0.05, 0.1) is 22.4 Å². The Morgan fingerprint density at radius 3 is 1.79 bits per heavy atom. The van der Waals surface area contributed by atoms with Gasteiger partial charge < -0.3 is 5.73 Å². The van der Waals surface area contributed by atoms with E-state index in [1.165, 1.54) is 11.0 Å². The molecule has 1 aliphatic rings. The van der Waals surface area contributed by atoms with E-state index in [0.717, 1.165) is 99.2 Å². The Morgan fingerprint density at radius 1 is 0.460 bits per heavy atom. The van der Waals surface area contributed by atoms with Crippen molar-refractivity contribution in [3.8, 4) is 56.2 Å². The predicted molar refractivity (Wildman–Crippen MR) is 263 cm³/mol. The molecule has 8 aromatic carbocycles. The Kier molecular flexibility index (Phi) is 9.59. The number of pyridine rings is 1. The van der Waals surface area contributed by atoms with Crippen molar-refractivity contribution in [1.29, 1.82) is 0 Å². The van der Waals surface area contributed by atoms with Crippen molar-refractivity contribution < 1.29 is 0 Å². The number of fused-ring (bicyclic) bond motifs is 4. The van der Waals surface area contributed by atoms with Gasteiger partial charge in [0, 0.05) is 49.3 Å². The second kappa shape index (κ2) is 16.0. The number of aromatic nitrogens is 3. The summed E-state index contributed by atoms with van der Waals surface area (Å²) in [6, 6.07) is 68.0. The predicted octanol–water partition coefficient (Wildman–Crippen LogP) is 12.7. The number of benzene rings is 8. The number of hydrogen-bond acceptors (Lipinski definition) is 4. The monoisotopic (exact) mass is 806 g/mol. The van der Waals surface area contributed by atoms with E-state index in [1.807, 2.05) is 0 Å². The molecular formula is C59H42N4. The zero-order valence-corrected chi connectivity index (χ0v) is 34.8. The molecule has 0 amide bonds. The van der Waals surface area contributed by atoms with Gasteiger partial charge in [-0.15, -0.1) is 0 Å². The zero-order valence-electron chi connectivity index (χ0n) is 34.8. The van der Waals surface area contributed by atoms with Gasteiger partial charge >= 0.3 is 0 Å². The van der Waals surface area contributed by atoms with Crippen molar-refractivity contribution in [3.05, 3.63) is 234 Å². The van der Waals surface area contributed by atoms with Crippen LogP contribution in [-0.2, 0) is 0 Å². The van der Waals surface area contributed by atoms with Crippen molar-refractivity contribution in [1.82, 2.24) is 15.0 Å². The Balaban J connectivity index is 1.10. The molecule has 10 aromatic rings. The highest BCUT2D eigenvalue weighted by Gasteiger charge is 2.19. The van der Waals surface area contributed by atoms with Crippen molar-refractivity contribution in [2.75, 3.05) is 0 Å². The quantitative estimate of drug-likeness (QED) is 0.170. The third-order valence-corrected chi connectivity index (χ3v) is 12.3. The molecule has 0 saturated carbocycles. The minimum absolute atomic E-state index is 0.293. The molecule has 0 fully saturated rings. The molecule has 4 nitrogen and oxygen atoms in total. The summed E-state index contributed by atoms with van der Waals surface area (Å²) in [6.45, 7) is 2.22. The maximum Gasteiger partial charge on any atom is 0.160 e. The fraction of sp³-hybridized carbons (Fsp3) is 0.0339. The summed E-state index contributed by atoms with van der Waals surface area (Å²) in [7, 11) is 0. The van der Waals surface area contributed by atoms with E-state index in [4.69, 9.17) is 20.7 Å². The number of hydrogen-bond donors (Lipinski definition) is 1. The Morgan fingerprint density at radius 2 is 1.06 bits per heavy atom. The van der Waals surface area contributed by atoms with E-state index in [2.05, 4.69) is 225 Å². The van der Waals surface area contributed by atoms with Gasteiger partial charge in [0.2, 0.25) is 0 Å². The highest BCUT2D eigenvalue weighted by atomic mass is 14.9. The number of allylic oxidation sites excluding steroid dienone is 4. The Labute approximate surface area is 366 Å². The topological polar surface area (TPSA) is 64.7 Å². The number of rotatable bonds is 6. The van der Waals surface area contributed by atoms with Gasteiger partial charge in [-0.2, -0.15) is 0 Å². The van der Waals surface area contributed by atoms with Crippen LogP contribution in [0.2, 0.25) is 0 Å². The van der Waals surface area contributed by atoms with Crippen molar-refractivity contribution >= 4 is 43.8 Å². The highest BCUT2D eigenvalue weighted by Crippen LogP contribution is 2.40. The third kappa shape index (κ3) is 6.98. The van der Waals surface area contributed by atoms with Gasteiger partial charge in [-0.1, -0.05) is 207 Å². The van der Waals surface area contributed by atoms with Crippen molar-refractivity contribution in [2.45, 2.75) is 6.92 Å². The lowest BCUT2D eigenvalue weighted by atomic mass is 9.93. The standard InChI is InChI=1S/C59H42N4/c1-38-16-8-9-21-46(38)47-22-10-12-25-50(47)55(60)41-28-34-44(35-29-41)59-62-57(53-37-45(39-17-4-2-5-18-39)36-52(58(53)63-59)40-19-6-3-7-20-40)43-32-30-42(31-33-43)56-51-26-13-11-23-48(51)49-24-14-15-27-54(49)61-56/h2-38H,60H2,1H3/b47-46-,55-50-. The van der Waals surface area contributed by atoms with Gasteiger partial charge in [0.1, 0.15) is 0 Å². The zero-order chi connectivity index (χ0) is 42.3. The molecule has 4 heteroatoms. The molecule has 2 heterocycles. The summed E-state index contributed by atoms with van der Waals surface area (Å²) in [5.74, 6) is 0.934. The molecule has 63 heavy (non-hydrogen) atoms. The van der Waals surface area contributed by atoms with E-state index >= 15 is 0 Å². The first-order valence-electron chi connectivity index (χ1n) is 21.5. The van der Waals surface area contributed by atoms with Crippen LogP contribution in [0.15, 0.2) is 218 Å². The van der Waals surface area contributed by atoms with Crippen LogP contribution in [0.25, 0.3) is 100 Å². The summed E-state index contributed by atoms with van der Waals surface area (Å²) in [5.41, 5.74) is 20.9. The fourth-order valence-electron chi connectivity index (χ4n) is 9.03. The molecule has 1 aliphatic carbocycles. The first-order valence-corrected chi connectivity index (χ1v) is 21.5. The highest BCUT2D eigenvalue weighted by molar-refractivity contribution is 6.11. The molecule has 1 atom stereocenters. The molecule has 2 aromatic heterocycles. The third-order valence-electron chi connectivity index (χ3n) is 12.3. The normalized spacial score (nSPS) is 15.0. The largest absolute Gasteiger partial charge is 0.398 e. The average molecular weight is 807 g/mol. The molecule has 0 radical (unpaired) electrons. The van der Waals surface area contributed by atoms with E-state index in [1.54, 1.807) is 0 Å². The van der Waals surface area contributed by atoms with Crippen LogP contribution in [-0.4, -0.2) is 15.0 Å². The summed E-state index contributed by atoms with van der Waals surface area (Å²) < 4.78 is 0. The Hall–Kier alpha value is -8.21. The van der Waals surface area contributed by atoms with Crippen LogP contribution in [0.5, 0.6) is 0 Å². The summed E-state index contributed by atoms with van der Waals surface area (Å²) in [6.07, 6.45) is 8.61. The SMILES string of the molecule is CC1C=CC=C/C1=c1\cccc\c1=C(\N)c1ccc(-c2nc(-c3ccc(-c4nc5ccccc5c5ccccc45)cc3)c3cc(-c4ccccc4)cc(-c4ccccc4)c3n2)cc1. The fourth-order valence-corrected chi connectivity index (χ4v) is 9.03. The lowest BCUT2D eigenvalue weighted by molar-refractivity contribution is 0.956. The first-order chi connectivity index (χ1) is 31.1.